The molecule has 0 heterocycles. The third kappa shape index (κ3) is 2.76. The molecule has 0 saturated carbocycles. The molecule has 3 heteroatoms. The van der Waals surface area contributed by atoms with E-state index in [4.69, 9.17) is 9.47 Å². The van der Waals surface area contributed by atoms with E-state index in [1.54, 1.807) is 20.1 Å². The number of para-hydroxylation sites is 1. The van der Waals surface area contributed by atoms with Gasteiger partial charge in [0.05, 0.1) is 19.3 Å². The van der Waals surface area contributed by atoms with Crippen LogP contribution in [-0.4, -0.2) is 19.7 Å². The standard InChI is InChI=1S/C16H16O3/c1-3-19-16(17)14-10-5-4-8-12(14)13-9-6-7-11-15(13)18-2/h4-11H,3H2,1-2H3. The summed E-state index contributed by atoms with van der Waals surface area (Å²) in [5.74, 6) is 0.420. The molecule has 0 aromatic heterocycles. The fourth-order valence-electron chi connectivity index (χ4n) is 1.97. The number of hydrogen-bond donors (Lipinski definition) is 0. The van der Waals surface area contributed by atoms with Gasteiger partial charge in [0.2, 0.25) is 0 Å². The first-order valence-electron chi connectivity index (χ1n) is 6.17. The Labute approximate surface area is 112 Å². The summed E-state index contributed by atoms with van der Waals surface area (Å²) in [5.41, 5.74) is 2.25. The van der Waals surface area contributed by atoms with Crippen molar-refractivity contribution in [2.24, 2.45) is 0 Å². The van der Waals surface area contributed by atoms with Gasteiger partial charge >= 0.3 is 5.97 Å². The summed E-state index contributed by atoms with van der Waals surface area (Å²) in [5, 5.41) is 0. The topological polar surface area (TPSA) is 35.5 Å². The van der Waals surface area contributed by atoms with Crippen LogP contribution in [0, 0.1) is 0 Å². The third-order valence-electron chi connectivity index (χ3n) is 2.82. The Morgan fingerprint density at radius 2 is 1.63 bits per heavy atom. The molecule has 0 unspecified atom stereocenters. The molecule has 0 spiro atoms. The molecule has 2 rings (SSSR count). The number of benzene rings is 2. The molecule has 0 radical (unpaired) electrons. The van der Waals surface area contributed by atoms with Gasteiger partial charge < -0.3 is 9.47 Å². The molecule has 2 aromatic carbocycles. The highest BCUT2D eigenvalue weighted by atomic mass is 16.5. The number of carbonyl (C=O) groups excluding carboxylic acids is 1. The molecule has 0 atom stereocenters. The normalized spacial score (nSPS) is 10.0. The van der Waals surface area contributed by atoms with Gasteiger partial charge in [-0.2, -0.15) is 0 Å². The van der Waals surface area contributed by atoms with E-state index in [1.165, 1.54) is 0 Å². The average molecular weight is 256 g/mol. The monoisotopic (exact) mass is 256 g/mol. The van der Waals surface area contributed by atoms with E-state index in [9.17, 15) is 4.79 Å². The quantitative estimate of drug-likeness (QED) is 0.785. The average Bonchev–Trinajstić information content (AvgIpc) is 2.47. The highest BCUT2D eigenvalue weighted by Gasteiger charge is 2.15. The second kappa shape index (κ2) is 6.05. The lowest BCUT2D eigenvalue weighted by molar-refractivity contribution is 0.0527. The second-order valence-electron chi connectivity index (χ2n) is 3.97. The van der Waals surface area contributed by atoms with Crippen LogP contribution in [0.1, 0.15) is 17.3 Å². The van der Waals surface area contributed by atoms with E-state index >= 15 is 0 Å². The Bertz CT molecular complexity index is 576. The number of carbonyl (C=O) groups is 1. The predicted molar refractivity (Wildman–Crippen MR) is 74.4 cm³/mol. The minimum atomic E-state index is -0.316. The molecule has 0 amide bonds. The molecule has 0 aliphatic heterocycles. The van der Waals surface area contributed by atoms with Gasteiger partial charge in [-0.15, -0.1) is 0 Å². The number of esters is 1. The van der Waals surface area contributed by atoms with Gasteiger partial charge in [0.25, 0.3) is 0 Å². The lowest BCUT2D eigenvalue weighted by Gasteiger charge is -2.12. The van der Waals surface area contributed by atoms with Crippen molar-refractivity contribution < 1.29 is 14.3 Å². The molecule has 0 N–H and O–H groups in total. The van der Waals surface area contributed by atoms with Crippen LogP contribution in [0.15, 0.2) is 48.5 Å². The van der Waals surface area contributed by atoms with Crippen molar-refractivity contribution in [2.75, 3.05) is 13.7 Å². The molecule has 19 heavy (non-hydrogen) atoms. The van der Waals surface area contributed by atoms with Gasteiger partial charge in [-0.1, -0.05) is 36.4 Å². The Morgan fingerprint density at radius 3 is 2.32 bits per heavy atom. The first-order valence-corrected chi connectivity index (χ1v) is 6.17. The molecular weight excluding hydrogens is 240 g/mol. The first kappa shape index (κ1) is 13.1. The highest BCUT2D eigenvalue weighted by molar-refractivity contribution is 5.98. The van der Waals surface area contributed by atoms with Gasteiger partial charge in [-0.3, -0.25) is 0 Å². The van der Waals surface area contributed by atoms with E-state index in [1.807, 2.05) is 42.5 Å². The van der Waals surface area contributed by atoms with Gasteiger partial charge in [0.15, 0.2) is 0 Å². The number of rotatable bonds is 4. The van der Waals surface area contributed by atoms with Crippen LogP contribution in [0.25, 0.3) is 11.1 Å². The van der Waals surface area contributed by atoms with Crippen LogP contribution >= 0.6 is 0 Å². The Kier molecular flexibility index (Phi) is 4.18. The molecule has 98 valence electrons. The van der Waals surface area contributed by atoms with Crippen molar-refractivity contribution >= 4 is 5.97 Å². The molecule has 2 aromatic rings. The van der Waals surface area contributed by atoms with Crippen LogP contribution in [0.5, 0.6) is 5.75 Å². The second-order valence-corrected chi connectivity index (χ2v) is 3.97. The van der Waals surface area contributed by atoms with Crippen LogP contribution in [0.3, 0.4) is 0 Å². The summed E-state index contributed by atoms with van der Waals surface area (Å²) >= 11 is 0. The maximum atomic E-state index is 12.0. The molecule has 0 saturated heterocycles. The van der Waals surface area contributed by atoms with E-state index in [2.05, 4.69) is 0 Å². The van der Waals surface area contributed by atoms with Crippen molar-refractivity contribution in [3.63, 3.8) is 0 Å². The lowest BCUT2D eigenvalue weighted by Crippen LogP contribution is -2.06. The molecular formula is C16H16O3. The highest BCUT2D eigenvalue weighted by Crippen LogP contribution is 2.32. The summed E-state index contributed by atoms with van der Waals surface area (Å²) in [6.45, 7) is 2.16. The molecule has 0 bridgehead atoms. The zero-order valence-corrected chi connectivity index (χ0v) is 11.1. The van der Waals surface area contributed by atoms with E-state index in [0.717, 1.165) is 16.9 Å². The molecule has 0 fully saturated rings. The van der Waals surface area contributed by atoms with E-state index < -0.39 is 0 Å². The van der Waals surface area contributed by atoms with Gasteiger partial charge in [-0.05, 0) is 24.6 Å². The third-order valence-corrected chi connectivity index (χ3v) is 2.82. The zero-order valence-electron chi connectivity index (χ0n) is 11.1. The van der Waals surface area contributed by atoms with Crippen molar-refractivity contribution in [1.82, 2.24) is 0 Å². The van der Waals surface area contributed by atoms with Crippen LogP contribution in [0.2, 0.25) is 0 Å². The van der Waals surface area contributed by atoms with Crippen molar-refractivity contribution in [1.29, 1.82) is 0 Å². The maximum Gasteiger partial charge on any atom is 0.338 e. The Hall–Kier alpha value is -2.29. The summed E-state index contributed by atoms with van der Waals surface area (Å²) in [7, 11) is 1.62. The summed E-state index contributed by atoms with van der Waals surface area (Å²) in [4.78, 5) is 12.0. The Balaban J connectivity index is 2.53. The smallest absolute Gasteiger partial charge is 0.338 e. The van der Waals surface area contributed by atoms with E-state index in [-0.39, 0.29) is 5.97 Å². The molecule has 0 aliphatic rings. The first-order chi connectivity index (χ1) is 9.27. The number of methoxy groups -OCH3 is 1. The summed E-state index contributed by atoms with van der Waals surface area (Å²) in [6.07, 6.45) is 0. The summed E-state index contributed by atoms with van der Waals surface area (Å²) < 4.78 is 10.4. The predicted octanol–water partition coefficient (Wildman–Crippen LogP) is 3.54. The fourth-order valence-corrected chi connectivity index (χ4v) is 1.97. The largest absolute Gasteiger partial charge is 0.496 e. The number of hydrogen-bond acceptors (Lipinski definition) is 3. The minimum Gasteiger partial charge on any atom is -0.496 e. The zero-order chi connectivity index (χ0) is 13.7. The summed E-state index contributed by atoms with van der Waals surface area (Å²) in [6, 6.07) is 15.0. The van der Waals surface area contributed by atoms with Crippen molar-refractivity contribution in [3.05, 3.63) is 54.1 Å². The van der Waals surface area contributed by atoms with Crippen molar-refractivity contribution in [2.45, 2.75) is 6.92 Å². The van der Waals surface area contributed by atoms with Crippen LogP contribution in [-0.2, 0) is 4.74 Å². The van der Waals surface area contributed by atoms with Gasteiger partial charge in [0, 0.05) is 5.56 Å². The SMILES string of the molecule is CCOC(=O)c1ccccc1-c1ccccc1OC. The van der Waals surface area contributed by atoms with Crippen molar-refractivity contribution in [3.8, 4) is 16.9 Å². The minimum absolute atomic E-state index is 0.316. The lowest BCUT2D eigenvalue weighted by atomic mass is 9.99. The van der Waals surface area contributed by atoms with Crippen LogP contribution in [0.4, 0.5) is 0 Å². The van der Waals surface area contributed by atoms with Gasteiger partial charge in [-0.25, -0.2) is 4.79 Å². The van der Waals surface area contributed by atoms with Crippen LogP contribution < -0.4 is 4.74 Å². The molecule has 3 nitrogen and oxygen atoms in total. The van der Waals surface area contributed by atoms with E-state index in [0.29, 0.717) is 12.2 Å². The van der Waals surface area contributed by atoms with Gasteiger partial charge in [0.1, 0.15) is 5.75 Å². The maximum absolute atomic E-state index is 12.0. The fraction of sp³-hybridized carbons (Fsp3) is 0.188. The number of ether oxygens (including phenoxy) is 2. The Morgan fingerprint density at radius 1 is 1.00 bits per heavy atom. The molecule has 0 aliphatic carbocycles.